The molecule has 0 atom stereocenters. The highest BCUT2D eigenvalue weighted by Gasteiger charge is 2.26. The maximum Gasteiger partial charge on any atom is 0.294 e. The minimum atomic E-state index is -4.30. The van der Waals surface area contributed by atoms with Gasteiger partial charge in [0.1, 0.15) is 0 Å². The summed E-state index contributed by atoms with van der Waals surface area (Å²) >= 11 is 0. The van der Waals surface area contributed by atoms with Gasteiger partial charge in [0.25, 0.3) is 10.1 Å². The van der Waals surface area contributed by atoms with Crippen molar-refractivity contribution in [2.45, 2.75) is 38.0 Å². The van der Waals surface area contributed by atoms with E-state index >= 15 is 0 Å². The summed E-state index contributed by atoms with van der Waals surface area (Å²) in [7, 11) is -4.30. The fourth-order valence-corrected chi connectivity index (χ4v) is 3.45. The van der Waals surface area contributed by atoms with Crippen molar-refractivity contribution < 1.29 is 17.8 Å². The summed E-state index contributed by atoms with van der Waals surface area (Å²) in [5.74, 6) is -0.141. The number of hydrogen-bond donors (Lipinski definition) is 1. The van der Waals surface area contributed by atoms with Crippen molar-refractivity contribution in [1.82, 2.24) is 0 Å². The molecule has 0 aromatic heterocycles. The second-order valence-electron chi connectivity index (χ2n) is 7.14. The van der Waals surface area contributed by atoms with E-state index < -0.39 is 15.5 Å². The second kappa shape index (κ2) is 8.12. The number of hydrogen-bond acceptors (Lipinski definition) is 3. The molecule has 0 unspecified atom stereocenters. The molecule has 0 bridgehead atoms. The van der Waals surface area contributed by atoms with Gasteiger partial charge < -0.3 is 0 Å². The molecule has 0 aliphatic rings. The van der Waals surface area contributed by atoms with E-state index in [2.05, 4.69) is 6.58 Å². The lowest BCUT2D eigenvalue weighted by molar-refractivity contribution is -0.116. The molecule has 0 aliphatic carbocycles. The Labute approximate surface area is 166 Å². The molecule has 28 heavy (non-hydrogen) atoms. The van der Waals surface area contributed by atoms with Crippen LogP contribution in [0.1, 0.15) is 31.9 Å². The Bertz CT molecular complexity index is 1020. The molecule has 0 aliphatic heterocycles. The molecule has 2 aromatic carbocycles. The minimum Gasteiger partial charge on any atom is -0.288 e. The molecular weight excluding hydrogens is 374 g/mol. The van der Waals surface area contributed by atoms with Gasteiger partial charge in [0.2, 0.25) is 5.91 Å². The maximum atomic E-state index is 12.0. The number of rotatable bonds is 6. The molecule has 0 spiro atoms. The van der Waals surface area contributed by atoms with Crippen LogP contribution in [0.4, 0.5) is 5.69 Å². The average Bonchev–Trinajstić information content (AvgIpc) is 2.61. The monoisotopic (exact) mass is 399 g/mol. The smallest absolute Gasteiger partial charge is 0.288 e. The van der Waals surface area contributed by atoms with Gasteiger partial charge in [0, 0.05) is 24.2 Å². The van der Waals surface area contributed by atoms with Crippen molar-refractivity contribution >= 4 is 21.7 Å². The fourth-order valence-electron chi connectivity index (χ4n) is 2.94. The zero-order valence-electron chi connectivity index (χ0n) is 16.5. The van der Waals surface area contributed by atoms with E-state index in [0.29, 0.717) is 5.57 Å². The van der Waals surface area contributed by atoms with Gasteiger partial charge in [-0.3, -0.25) is 14.2 Å². The predicted molar refractivity (Wildman–Crippen MR) is 112 cm³/mol. The predicted octanol–water partition coefficient (Wildman–Crippen LogP) is 4.64. The zero-order valence-corrected chi connectivity index (χ0v) is 17.3. The average molecular weight is 400 g/mol. The van der Waals surface area contributed by atoms with Crippen molar-refractivity contribution in [3.8, 4) is 0 Å². The Morgan fingerprint density at radius 1 is 1.14 bits per heavy atom. The number of carbonyl (C=O) groups excluding carboxylic acids is 1. The number of para-hydroxylation sites is 1. The Morgan fingerprint density at radius 2 is 1.75 bits per heavy atom. The Hall–Kier alpha value is -2.70. The van der Waals surface area contributed by atoms with Crippen LogP contribution in [0, 0.1) is 6.92 Å². The van der Waals surface area contributed by atoms with E-state index in [4.69, 9.17) is 0 Å². The van der Waals surface area contributed by atoms with E-state index in [1.54, 1.807) is 18.3 Å². The molecule has 1 N–H and O–H groups in total. The topological polar surface area (TPSA) is 74.7 Å². The van der Waals surface area contributed by atoms with Crippen LogP contribution in [0.2, 0.25) is 0 Å². The second-order valence-corrected chi connectivity index (χ2v) is 8.56. The van der Waals surface area contributed by atoms with E-state index in [0.717, 1.165) is 16.8 Å². The molecular formula is C22H25NO4S. The third kappa shape index (κ3) is 4.77. The highest BCUT2D eigenvalue weighted by atomic mass is 32.2. The first-order chi connectivity index (χ1) is 12.9. The molecule has 0 radical (unpaired) electrons. The lowest BCUT2D eigenvalue weighted by Gasteiger charge is -2.29. The summed E-state index contributed by atoms with van der Waals surface area (Å²) in [4.78, 5) is 13.4. The van der Waals surface area contributed by atoms with Gasteiger partial charge >= 0.3 is 0 Å². The summed E-state index contributed by atoms with van der Waals surface area (Å²) in [5.41, 5.74) is 2.40. The number of nitrogens with zero attached hydrogens (tertiary/aromatic N) is 1. The molecule has 0 saturated heterocycles. The van der Waals surface area contributed by atoms with Crippen LogP contribution in [-0.2, 0) is 20.3 Å². The van der Waals surface area contributed by atoms with E-state index in [-0.39, 0.29) is 10.8 Å². The van der Waals surface area contributed by atoms with Crippen molar-refractivity contribution in [2.75, 3.05) is 4.90 Å². The maximum absolute atomic E-state index is 12.0. The quantitative estimate of drug-likeness (QED) is 0.567. The number of aryl methyl sites for hydroxylation is 1. The molecule has 6 heteroatoms. The highest BCUT2D eigenvalue weighted by molar-refractivity contribution is 7.85. The lowest BCUT2D eigenvalue weighted by atomic mass is 9.76. The molecule has 2 rings (SSSR count). The molecule has 1 amide bonds. The summed E-state index contributed by atoms with van der Waals surface area (Å²) in [6.45, 7) is 11.3. The van der Waals surface area contributed by atoms with Crippen LogP contribution >= 0.6 is 0 Å². The Morgan fingerprint density at radius 3 is 2.29 bits per heavy atom. The van der Waals surface area contributed by atoms with Gasteiger partial charge in [-0.15, -0.1) is 0 Å². The van der Waals surface area contributed by atoms with Crippen molar-refractivity contribution in [2.24, 2.45) is 0 Å². The van der Waals surface area contributed by atoms with Crippen LogP contribution < -0.4 is 4.90 Å². The fraction of sp³-hybridized carbons (Fsp3) is 0.227. The van der Waals surface area contributed by atoms with Gasteiger partial charge in [-0.1, -0.05) is 44.7 Å². The number of benzene rings is 2. The lowest BCUT2D eigenvalue weighted by Crippen LogP contribution is -2.24. The first kappa shape index (κ1) is 21.6. The number of allylic oxidation sites excluding steroid dienone is 2. The summed E-state index contributed by atoms with van der Waals surface area (Å²) in [6, 6.07) is 13.7. The van der Waals surface area contributed by atoms with Crippen molar-refractivity contribution in [1.29, 1.82) is 0 Å². The summed E-state index contributed by atoms with van der Waals surface area (Å²) < 4.78 is 32.4. The first-order valence-electron chi connectivity index (χ1n) is 8.75. The van der Waals surface area contributed by atoms with Gasteiger partial charge in [-0.2, -0.15) is 8.42 Å². The summed E-state index contributed by atoms with van der Waals surface area (Å²) in [5, 5.41) is 0. The molecule has 5 nitrogen and oxygen atoms in total. The van der Waals surface area contributed by atoms with Crippen molar-refractivity contribution in [3.05, 3.63) is 84.1 Å². The van der Waals surface area contributed by atoms with Gasteiger partial charge in [-0.05, 0) is 54.0 Å². The van der Waals surface area contributed by atoms with Crippen LogP contribution in [0.25, 0.3) is 0 Å². The molecule has 0 heterocycles. The first-order valence-corrected chi connectivity index (χ1v) is 10.2. The van der Waals surface area contributed by atoms with Gasteiger partial charge in [0.05, 0.1) is 4.90 Å². The molecule has 0 fully saturated rings. The Balaban J connectivity index is 2.39. The highest BCUT2D eigenvalue weighted by Crippen LogP contribution is 2.35. The third-order valence-corrected chi connectivity index (χ3v) is 5.63. The number of amides is 1. The van der Waals surface area contributed by atoms with E-state index in [1.807, 2.05) is 51.1 Å². The molecule has 0 saturated carbocycles. The molecule has 2 aromatic rings. The third-order valence-electron chi connectivity index (χ3n) is 4.78. The van der Waals surface area contributed by atoms with Crippen LogP contribution in [0.3, 0.4) is 0 Å². The normalized spacial score (nSPS) is 12.2. The number of carbonyl (C=O) groups is 1. The molecule has 148 valence electrons. The number of anilines is 1. The SMILES string of the molecule is C=C(/C=C/N(C(C)=O)c1ccccc1)C(C)(C)c1cc(S(=O)(=O)O)ccc1C. The largest absolute Gasteiger partial charge is 0.294 e. The van der Waals surface area contributed by atoms with Gasteiger partial charge in [0.15, 0.2) is 0 Å². The standard InChI is InChI=1S/C22H25NO4S/c1-16-11-12-20(28(25,26)27)15-21(16)22(4,5)17(2)13-14-23(18(3)24)19-9-7-6-8-10-19/h6-15H,2H2,1,3-5H3,(H,25,26,27)/b14-13+. The summed E-state index contributed by atoms with van der Waals surface area (Å²) in [6.07, 6.45) is 3.40. The van der Waals surface area contributed by atoms with Crippen LogP contribution in [0.5, 0.6) is 0 Å². The minimum absolute atomic E-state index is 0.141. The Kier molecular flexibility index (Phi) is 6.27. The van der Waals surface area contributed by atoms with Crippen LogP contribution in [-0.4, -0.2) is 18.9 Å². The van der Waals surface area contributed by atoms with Crippen molar-refractivity contribution in [3.63, 3.8) is 0 Å². The van der Waals surface area contributed by atoms with Crippen LogP contribution in [0.15, 0.2) is 77.9 Å². The van der Waals surface area contributed by atoms with E-state index in [9.17, 15) is 17.8 Å². The van der Waals surface area contributed by atoms with Gasteiger partial charge in [-0.25, -0.2) is 0 Å². The zero-order chi connectivity index (χ0) is 21.1. The van der Waals surface area contributed by atoms with E-state index in [1.165, 1.54) is 24.0 Å².